The Morgan fingerprint density at radius 2 is 2.00 bits per heavy atom. The summed E-state index contributed by atoms with van der Waals surface area (Å²) in [5.74, 6) is -0.589. The van der Waals surface area contributed by atoms with E-state index in [0.717, 1.165) is 19.2 Å². The van der Waals surface area contributed by atoms with Crippen LogP contribution in [-0.2, 0) is 14.8 Å². The molecule has 0 bridgehead atoms. The topological polar surface area (TPSA) is 87.3 Å². The van der Waals surface area contributed by atoms with E-state index in [1.807, 2.05) is 0 Å². The van der Waals surface area contributed by atoms with Gasteiger partial charge in [0.2, 0.25) is 15.9 Å². The van der Waals surface area contributed by atoms with E-state index in [1.165, 1.54) is 18.2 Å². The molecule has 0 saturated carbocycles. The van der Waals surface area contributed by atoms with Crippen LogP contribution in [0.25, 0.3) is 0 Å². The van der Waals surface area contributed by atoms with Crippen molar-refractivity contribution < 1.29 is 17.6 Å². The summed E-state index contributed by atoms with van der Waals surface area (Å²) in [5.41, 5.74) is 0. The smallest absolute Gasteiger partial charge is 0.243 e. The van der Waals surface area contributed by atoms with Crippen LogP contribution in [0.5, 0.6) is 0 Å². The molecule has 1 aliphatic heterocycles. The Kier molecular flexibility index (Phi) is 7.21. The molecule has 1 amide bonds. The first kappa shape index (κ1) is 18.8. The van der Waals surface area contributed by atoms with Gasteiger partial charge < -0.3 is 10.6 Å². The average Bonchev–Trinajstić information content (AvgIpc) is 2.37. The fourth-order valence-corrected chi connectivity index (χ4v) is 2.99. The third-order valence-corrected chi connectivity index (χ3v) is 4.72. The molecule has 2 rings (SSSR count). The molecule has 0 aliphatic carbocycles. The van der Waals surface area contributed by atoms with Gasteiger partial charge in [0, 0.05) is 38.5 Å². The number of nitrogens with one attached hydrogen (secondary N) is 3. The first-order valence-electron chi connectivity index (χ1n) is 6.70. The Morgan fingerprint density at radius 1 is 1.32 bits per heavy atom. The van der Waals surface area contributed by atoms with Gasteiger partial charge in [-0.05, 0) is 12.1 Å². The van der Waals surface area contributed by atoms with Crippen LogP contribution in [0.4, 0.5) is 4.39 Å². The number of hydrogen-bond donors (Lipinski definition) is 3. The molecule has 3 N–H and O–H groups in total. The number of rotatable bonds is 7. The minimum absolute atomic E-state index is 0. The lowest BCUT2D eigenvalue weighted by atomic mass is 10.0. The molecule has 22 heavy (non-hydrogen) atoms. The molecule has 0 radical (unpaired) electrons. The van der Waals surface area contributed by atoms with E-state index in [-0.39, 0.29) is 31.3 Å². The lowest BCUT2D eigenvalue weighted by Gasteiger charge is -2.27. The van der Waals surface area contributed by atoms with Crippen molar-refractivity contribution in [1.82, 2.24) is 15.4 Å². The van der Waals surface area contributed by atoms with Gasteiger partial charge in [0.25, 0.3) is 0 Å². The van der Waals surface area contributed by atoms with Gasteiger partial charge in [-0.25, -0.2) is 17.5 Å². The summed E-state index contributed by atoms with van der Waals surface area (Å²) in [6.07, 6.45) is 0.0217. The second-order valence-corrected chi connectivity index (χ2v) is 6.64. The highest BCUT2D eigenvalue weighted by molar-refractivity contribution is 7.89. The SMILES string of the molecule is Cl.O=C(CCNS(=O)(=O)c1ccccc1F)NCC1CNC1. The van der Waals surface area contributed by atoms with Gasteiger partial charge in [-0.15, -0.1) is 12.4 Å². The van der Waals surface area contributed by atoms with Crippen molar-refractivity contribution in [3.63, 3.8) is 0 Å². The molecular weight excluding hydrogens is 333 g/mol. The first-order chi connectivity index (χ1) is 9.99. The summed E-state index contributed by atoms with van der Waals surface area (Å²) in [5, 5.41) is 5.83. The lowest BCUT2D eigenvalue weighted by Crippen LogP contribution is -2.48. The Morgan fingerprint density at radius 3 is 2.59 bits per heavy atom. The maximum atomic E-state index is 13.4. The molecule has 9 heteroatoms. The van der Waals surface area contributed by atoms with E-state index >= 15 is 0 Å². The Balaban J connectivity index is 0.00000242. The van der Waals surface area contributed by atoms with Crippen LogP contribution in [0, 0.1) is 11.7 Å². The van der Waals surface area contributed by atoms with Gasteiger partial charge in [0.15, 0.2) is 0 Å². The number of amides is 1. The molecular formula is C13H19ClFN3O3S. The number of carbonyl (C=O) groups excluding carboxylic acids is 1. The third kappa shape index (κ3) is 5.20. The summed E-state index contributed by atoms with van der Waals surface area (Å²) < 4.78 is 39.4. The van der Waals surface area contributed by atoms with E-state index < -0.39 is 20.7 Å². The van der Waals surface area contributed by atoms with E-state index in [9.17, 15) is 17.6 Å². The molecule has 0 atom stereocenters. The lowest BCUT2D eigenvalue weighted by molar-refractivity contribution is -0.121. The molecule has 0 spiro atoms. The first-order valence-corrected chi connectivity index (χ1v) is 8.19. The average molecular weight is 352 g/mol. The minimum Gasteiger partial charge on any atom is -0.356 e. The van der Waals surface area contributed by atoms with Crippen LogP contribution in [0.15, 0.2) is 29.2 Å². The van der Waals surface area contributed by atoms with Crippen molar-refractivity contribution in [3.05, 3.63) is 30.1 Å². The van der Waals surface area contributed by atoms with Crippen molar-refractivity contribution in [3.8, 4) is 0 Å². The summed E-state index contributed by atoms with van der Waals surface area (Å²) in [4.78, 5) is 11.1. The molecule has 1 fully saturated rings. The highest BCUT2D eigenvalue weighted by Crippen LogP contribution is 2.12. The highest BCUT2D eigenvalue weighted by atomic mass is 35.5. The van der Waals surface area contributed by atoms with E-state index in [4.69, 9.17) is 0 Å². The maximum Gasteiger partial charge on any atom is 0.243 e. The number of hydrogen-bond acceptors (Lipinski definition) is 4. The van der Waals surface area contributed by atoms with Crippen molar-refractivity contribution in [2.75, 3.05) is 26.2 Å². The molecule has 1 aliphatic rings. The summed E-state index contributed by atoms with van der Waals surface area (Å²) in [7, 11) is -3.93. The van der Waals surface area contributed by atoms with Crippen LogP contribution >= 0.6 is 12.4 Å². The number of sulfonamides is 1. The van der Waals surface area contributed by atoms with Crippen LogP contribution in [-0.4, -0.2) is 40.5 Å². The van der Waals surface area contributed by atoms with Crippen molar-refractivity contribution in [1.29, 1.82) is 0 Å². The predicted molar refractivity (Wildman–Crippen MR) is 82.8 cm³/mol. The van der Waals surface area contributed by atoms with E-state index in [1.54, 1.807) is 0 Å². The van der Waals surface area contributed by atoms with Crippen molar-refractivity contribution in [2.24, 2.45) is 5.92 Å². The summed E-state index contributed by atoms with van der Waals surface area (Å²) in [6, 6.07) is 5.11. The number of carbonyl (C=O) groups is 1. The molecule has 0 aromatic heterocycles. The monoisotopic (exact) mass is 351 g/mol. The van der Waals surface area contributed by atoms with Crippen molar-refractivity contribution in [2.45, 2.75) is 11.3 Å². The fourth-order valence-electron chi connectivity index (χ4n) is 1.88. The van der Waals surface area contributed by atoms with Gasteiger partial charge in [-0.1, -0.05) is 12.1 Å². The zero-order valence-electron chi connectivity index (χ0n) is 11.8. The molecule has 1 aromatic carbocycles. The van der Waals surface area contributed by atoms with Gasteiger partial charge >= 0.3 is 0 Å². The third-order valence-electron chi connectivity index (χ3n) is 3.22. The minimum atomic E-state index is -3.93. The van der Waals surface area contributed by atoms with Gasteiger partial charge in [0.05, 0.1) is 0 Å². The van der Waals surface area contributed by atoms with Gasteiger partial charge in [-0.2, -0.15) is 0 Å². The Bertz CT molecular complexity index is 608. The molecule has 0 unspecified atom stereocenters. The second kappa shape index (κ2) is 8.42. The molecule has 1 aromatic rings. The number of halogens is 2. The van der Waals surface area contributed by atoms with Crippen LogP contribution in [0.3, 0.4) is 0 Å². The van der Waals surface area contributed by atoms with Crippen LogP contribution < -0.4 is 15.4 Å². The summed E-state index contributed by atoms with van der Waals surface area (Å²) >= 11 is 0. The second-order valence-electron chi connectivity index (χ2n) is 4.91. The van der Waals surface area contributed by atoms with Gasteiger partial charge in [0.1, 0.15) is 10.7 Å². The predicted octanol–water partition coefficient (Wildman–Crippen LogP) is 0.251. The molecule has 1 heterocycles. The normalized spacial score (nSPS) is 14.8. The molecule has 6 nitrogen and oxygen atoms in total. The van der Waals surface area contributed by atoms with Crippen LogP contribution in [0.1, 0.15) is 6.42 Å². The van der Waals surface area contributed by atoms with E-state index in [0.29, 0.717) is 12.5 Å². The highest BCUT2D eigenvalue weighted by Gasteiger charge is 2.19. The Labute approximate surface area is 135 Å². The zero-order valence-corrected chi connectivity index (χ0v) is 13.5. The van der Waals surface area contributed by atoms with Crippen molar-refractivity contribution >= 4 is 28.3 Å². The zero-order chi connectivity index (χ0) is 15.3. The largest absolute Gasteiger partial charge is 0.356 e. The Hall–Kier alpha value is -1.22. The maximum absolute atomic E-state index is 13.4. The van der Waals surface area contributed by atoms with Crippen LogP contribution in [0.2, 0.25) is 0 Å². The summed E-state index contributed by atoms with van der Waals surface area (Å²) in [6.45, 7) is 2.30. The van der Waals surface area contributed by atoms with E-state index in [2.05, 4.69) is 15.4 Å². The van der Waals surface area contributed by atoms with Gasteiger partial charge in [-0.3, -0.25) is 4.79 Å². The molecule has 124 valence electrons. The number of benzene rings is 1. The quantitative estimate of drug-likeness (QED) is 0.657. The molecule has 1 saturated heterocycles. The fraction of sp³-hybridized carbons (Fsp3) is 0.462. The standard InChI is InChI=1S/C13H18FN3O3S.ClH/c14-11-3-1-2-4-12(11)21(19,20)17-6-5-13(18)16-9-10-7-15-8-10;/h1-4,10,15,17H,5-9H2,(H,16,18);1H.